The van der Waals surface area contributed by atoms with Crippen LogP contribution in [0.15, 0.2) is 47.3 Å². The van der Waals surface area contributed by atoms with E-state index in [2.05, 4.69) is 10.3 Å². The van der Waals surface area contributed by atoms with Crippen molar-refractivity contribution in [2.24, 2.45) is 0 Å². The van der Waals surface area contributed by atoms with E-state index in [4.69, 9.17) is 9.47 Å². The van der Waals surface area contributed by atoms with Crippen LogP contribution in [-0.4, -0.2) is 36.2 Å². The number of aromatic amines is 1. The number of carbonyl (C=O) groups is 1. The number of aromatic nitrogens is 2. The summed E-state index contributed by atoms with van der Waals surface area (Å²) < 4.78 is 12.1. The second kappa shape index (κ2) is 7.77. The minimum absolute atomic E-state index is 0.141. The first-order chi connectivity index (χ1) is 12.6. The highest BCUT2D eigenvalue weighted by Crippen LogP contribution is 2.27. The third-order valence-corrected chi connectivity index (χ3v) is 4.17. The van der Waals surface area contributed by atoms with Crippen LogP contribution in [0.3, 0.4) is 0 Å². The zero-order chi connectivity index (χ0) is 18.5. The summed E-state index contributed by atoms with van der Waals surface area (Å²) in [5, 5.41) is 2.86. The van der Waals surface area contributed by atoms with Crippen LogP contribution in [0, 0.1) is 0 Å². The van der Waals surface area contributed by atoms with Gasteiger partial charge in [-0.25, -0.2) is 4.79 Å². The van der Waals surface area contributed by atoms with Gasteiger partial charge >= 0.3 is 5.69 Å². The van der Waals surface area contributed by atoms with Gasteiger partial charge in [0.25, 0.3) is 5.91 Å². The lowest BCUT2D eigenvalue weighted by Crippen LogP contribution is -2.26. The van der Waals surface area contributed by atoms with E-state index in [0.29, 0.717) is 36.6 Å². The van der Waals surface area contributed by atoms with Gasteiger partial charge in [0.2, 0.25) is 0 Å². The number of carbonyl (C=O) groups excluding carboxylic acids is 1. The molecule has 0 bridgehead atoms. The molecule has 26 heavy (non-hydrogen) atoms. The number of para-hydroxylation sites is 2. The Morgan fingerprint density at radius 2 is 1.88 bits per heavy atom. The second-order valence-electron chi connectivity index (χ2n) is 5.78. The zero-order valence-corrected chi connectivity index (χ0v) is 14.7. The topological polar surface area (TPSA) is 85.4 Å². The van der Waals surface area contributed by atoms with Crippen molar-refractivity contribution in [1.29, 1.82) is 0 Å². The third kappa shape index (κ3) is 3.56. The molecule has 7 heteroatoms. The number of amides is 1. The molecular weight excluding hydrogens is 334 g/mol. The number of ether oxygens (including phenoxy) is 2. The number of nitrogens with zero attached hydrogens (tertiary/aromatic N) is 1. The number of hydrogen-bond donors (Lipinski definition) is 2. The van der Waals surface area contributed by atoms with Crippen LogP contribution in [0.4, 0.5) is 0 Å². The number of hydrogen-bond acceptors (Lipinski definition) is 4. The molecule has 0 unspecified atom stereocenters. The van der Waals surface area contributed by atoms with Crippen molar-refractivity contribution in [2.45, 2.75) is 13.0 Å². The van der Waals surface area contributed by atoms with Gasteiger partial charge in [-0.3, -0.25) is 9.36 Å². The van der Waals surface area contributed by atoms with Crippen molar-refractivity contribution in [2.75, 3.05) is 20.8 Å². The van der Waals surface area contributed by atoms with E-state index >= 15 is 0 Å². The van der Waals surface area contributed by atoms with Crippen LogP contribution < -0.4 is 20.5 Å². The summed E-state index contributed by atoms with van der Waals surface area (Å²) in [6, 6.07) is 12.6. The Morgan fingerprint density at radius 3 is 2.65 bits per heavy atom. The number of benzene rings is 2. The summed E-state index contributed by atoms with van der Waals surface area (Å²) in [4.78, 5) is 27.1. The third-order valence-electron chi connectivity index (χ3n) is 4.17. The fraction of sp³-hybridized carbons (Fsp3) is 0.263. The summed E-state index contributed by atoms with van der Waals surface area (Å²) in [5.41, 5.74) is 2.03. The maximum Gasteiger partial charge on any atom is 0.326 e. The normalized spacial score (nSPS) is 10.7. The van der Waals surface area contributed by atoms with Crippen molar-refractivity contribution in [3.63, 3.8) is 0 Å². The van der Waals surface area contributed by atoms with Gasteiger partial charge in [-0.05, 0) is 36.8 Å². The molecular formula is C19H21N3O4. The van der Waals surface area contributed by atoms with E-state index in [9.17, 15) is 9.59 Å². The largest absolute Gasteiger partial charge is 0.493 e. The molecule has 3 rings (SSSR count). The molecule has 0 saturated heterocycles. The molecule has 7 nitrogen and oxygen atoms in total. The monoisotopic (exact) mass is 355 g/mol. The Balaban J connectivity index is 1.59. The van der Waals surface area contributed by atoms with E-state index in [0.717, 1.165) is 11.0 Å². The number of fused-ring (bicyclic) bond motifs is 1. The molecule has 2 N–H and O–H groups in total. The van der Waals surface area contributed by atoms with E-state index < -0.39 is 0 Å². The molecule has 0 aliphatic carbocycles. The summed E-state index contributed by atoms with van der Waals surface area (Å²) in [5.74, 6) is 0.880. The molecule has 0 saturated carbocycles. The highest BCUT2D eigenvalue weighted by Gasteiger charge is 2.11. The van der Waals surface area contributed by atoms with Crippen LogP contribution in [0.25, 0.3) is 11.0 Å². The van der Waals surface area contributed by atoms with E-state index in [1.165, 1.54) is 7.11 Å². The smallest absolute Gasteiger partial charge is 0.326 e. The molecule has 2 aromatic carbocycles. The molecule has 0 radical (unpaired) electrons. The number of H-pyrrole nitrogens is 1. The predicted octanol–water partition coefficient (Wildman–Crippen LogP) is 2.17. The van der Waals surface area contributed by atoms with Crippen LogP contribution in [-0.2, 0) is 6.54 Å². The number of nitrogens with one attached hydrogen (secondary N) is 2. The Hall–Kier alpha value is -3.22. The van der Waals surface area contributed by atoms with Crippen LogP contribution in [0.5, 0.6) is 11.5 Å². The standard InChI is InChI=1S/C19H21N3O4/c1-25-16-9-8-13(12-17(16)26-2)18(23)20-10-5-11-22-15-7-4-3-6-14(15)21-19(22)24/h3-4,6-9,12H,5,10-11H2,1-2H3,(H,20,23)(H,21,24). The van der Waals surface area contributed by atoms with E-state index in [1.54, 1.807) is 29.9 Å². The molecule has 3 aromatic rings. The highest BCUT2D eigenvalue weighted by atomic mass is 16.5. The number of aryl methyl sites for hydroxylation is 1. The lowest BCUT2D eigenvalue weighted by Gasteiger charge is -2.10. The molecule has 0 aliphatic rings. The Kier molecular flexibility index (Phi) is 5.26. The minimum atomic E-state index is -0.197. The molecule has 0 aliphatic heterocycles. The molecule has 0 spiro atoms. The maximum absolute atomic E-state index is 12.3. The highest BCUT2D eigenvalue weighted by molar-refractivity contribution is 5.94. The van der Waals surface area contributed by atoms with Gasteiger partial charge in [0, 0.05) is 18.7 Å². The number of rotatable bonds is 7. The molecule has 1 heterocycles. The molecule has 1 amide bonds. The summed E-state index contributed by atoms with van der Waals surface area (Å²) in [6.45, 7) is 0.980. The van der Waals surface area contributed by atoms with Gasteiger partial charge in [-0.15, -0.1) is 0 Å². The van der Waals surface area contributed by atoms with Gasteiger partial charge < -0.3 is 19.8 Å². The number of methoxy groups -OCH3 is 2. The van der Waals surface area contributed by atoms with Gasteiger partial charge in [-0.2, -0.15) is 0 Å². The quantitative estimate of drug-likeness (QED) is 0.636. The molecule has 0 atom stereocenters. The van der Waals surface area contributed by atoms with Gasteiger partial charge in [0.1, 0.15) is 0 Å². The minimum Gasteiger partial charge on any atom is -0.493 e. The lowest BCUT2D eigenvalue weighted by atomic mass is 10.2. The van der Waals surface area contributed by atoms with E-state index in [1.807, 2.05) is 24.3 Å². The number of imidazole rings is 1. The summed E-state index contributed by atoms with van der Waals surface area (Å²) >= 11 is 0. The molecule has 0 fully saturated rings. The van der Waals surface area contributed by atoms with Crippen molar-refractivity contribution in [1.82, 2.24) is 14.9 Å². The lowest BCUT2D eigenvalue weighted by molar-refractivity contribution is 0.0952. The van der Waals surface area contributed by atoms with Gasteiger partial charge in [-0.1, -0.05) is 12.1 Å². The first-order valence-electron chi connectivity index (χ1n) is 8.32. The Labute approximate surface area is 150 Å². The fourth-order valence-corrected chi connectivity index (χ4v) is 2.85. The van der Waals surface area contributed by atoms with Crippen molar-refractivity contribution in [3.05, 3.63) is 58.5 Å². The first kappa shape index (κ1) is 17.6. The van der Waals surface area contributed by atoms with E-state index in [-0.39, 0.29) is 11.6 Å². The van der Waals surface area contributed by atoms with Crippen molar-refractivity contribution >= 4 is 16.9 Å². The average Bonchev–Trinajstić information content (AvgIpc) is 2.99. The molecule has 1 aromatic heterocycles. The Morgan fingerprint density at radius 1 is 1.12 bits per heavy atom. The average molecular weight is 355 g/mol. The Bertz CT molecular complexity index is 974. The zero-order valence-electron chi connectivity index (χ0n) is 14.7. The SMILES string of the molecule is COc1ccc(C(=O)NCCCn2c(=O)[nH]c3ccccc32)cc1OC. The van der Waals surface area contributed by atoms with Crippen molar-refractivity contribution in [3.8, 4) is 11.5 Å². The first-order valence-corrected chi connectivity index (χ1v) is 8.32. The van der Waals surface area contributed by atoms with Crippen LogP contribution >= 0.6 is 0 Å². The summed E-state index contributed by atoms with van der Waals surface area (Å²) in [6.07, 6.45) is 0.640. The molecule has 136 valence electrons. The second-order valence-corrected chi connectivity index (χ2v) is 5.78. The summed E-state index contributed by atoms with van der Waals surface area (Å²) in [7, 11) is 3.07. The van der Waals surface area contributed by atoms with Gasteiger partial charge in [0.05, 0.1) is 25.3 Å². The van der Waals surface area contributed by atoms with Crippen LogP contribution in [0.1, 0.15) is 16.8 Å². The van der Waals surface area contributed by atoms with Gasteiger partial charge in [0.15, 0.2) is 11.5 Å². The fourth-order valence-electron chi connectivity index (χ4n) is 2.85. The predicted molar refractivity (Wildman–Crippen MR) is 99.1 cm³/mol. The maximum atomic E-state index is 12.3. The van der Waals surface area contributed by atoms with Crippen molar-refractivity contribution < 1.29 is 14.3 Å². The van der Waals surface area contributed by atoms with Crippen LogP contribution in [0.2, 0.25) is 0 Å².